The van der Waals surface area contributed by atoms with E-state index in [-0.39, 0.29) is 5.95 Å². The highest BCUT2D eigenvalue weighted by Gasteiger charge is 2.05. The lowest BCUT2D eigenvalue weighted by atomic mass is 10.3. The van der Waals surface area contributed by atoms with Crippen molar-refractivity contribution >= 4 is 17.3 Å². The summed E-state index contributed by atoms with van der Waals surface area (Å²) in [5.41, 5.74) is 6.34. The molecule has 0 atom stereocenters. The van der Waals surface area contributed by atoms with Gasteiger partial charge in [0.15, 0.2) is 0 Å². The van der Waals surface area contributed by atoms with Crippen LogP contribution < -0.4 is 10.5 Å². The minimum absolute atomic E-state index is 0.229. The number of hydrogen-bond donors (Lipinski definition) is 1. The van der Waals surface area contributed by atoms with Crippen molar-refractivity contribution in [2.45, 2.75) is 0 Å². The molecule has 0 aliphatic carbocycles. The Bertz CT molecular complexity index is 428. The average Bonchev–Trinajstić information content (AvgIpc) is 2.69. The molecule has 0 aromatic carbocycles. The van der Waals surface area contributed by atoms with Gasteiger partial charge in [0, 0.05) is 6.07 Å². The van der Waals surface area contributed by atoms with Crippen molar-refractivity contribution in [2.75, 3.05) is 12.8 Å². The molecule has 0 amide bonds. The topological polar surface area (TPSA) is 61.0 Å². The number of anilines is 1. The zero-order valence-corrected chi connectivity index (χ0v) is 8.41. The van der Waals surface area contributed by atoms with Gasteiger partial charge in [0.25, 0.3) is 0 Å². The Kier molecular flexibility index (Phi) is 2.32. The van der Waals surface area contributed by atoms with Gasteiger partial charge in [-0.25, -0.2) is 4.98 Å². The molecule has 0 fully saturated rings. The van der Waals surface area contributed by atoms with E-state index >= 15 is 0 Å². The molecule has 2 heterocycles. The van der Waals surface area contributed by atoms with Crippen LogP contribution in [0.15, 0.2) is 23.6 Å². The highest BCUT2D eigenvalue weighted by atomic mass is 32.1. The number of ether oxygens (including phenoxy) is 1. The zero-order chi connectivity index (χ0) is 9.97. The molecule has 5 heteroatoms. The maximum absolute atomic E-state index is 5.54. The first kappa shape index (κ1) is 8.96. The van der Waals surface area contributed by atoms with Crippen molar-refractivity contribution in [3.63, 3.8) is 0 Å². The molecular weight excluding hydrogens is 198 g/mol. The summed E-state index contributed by atoms with van der Waals surface area (Å²) >= 11 is 1.60. The van der Waals surface area contributed by atoms with Crippen LogP contribution in [0.1, 0.15) is 0 Å². The Balaban J connectivity index is 2.48. The van der Waals surface area contributed by atoms with E-state index in [4.69, 9.17) is 10.5 Å². The molecule has 0 radical (unpaired) electrons. The molecule has 0 spiro atoms. The molecule has 0 aliphatic heterocycles. The normalized spacial score (nSPS) is 10.1. The number of hydrogen-bond acceptors (Lipinski definition) is 5. The van der Waals surface area contributed by atoms with Crippen molar-refractivity contribution in [1.82, 2.24) is 9.97 Å². The summed E-state index contributed by atoms with van der Waals surface area (Å²) in [5.74, 6) is 0.716. The predicted octanol–water partition coefficient (Wildman–Crippen LogP) is 1.80. The number of methoxy groups -OCH3 is 1. The molecule has 2 N–H and O–H groups in total. The maximum Gasteiger partial charge on any atom is 0.223 e. The van der Waals surface area contributed by atoms with Crippen LogP contribution in [-0.4, -0.2) is 17.1 Å². The van der Waals surface area contributed by atoms with Crippen molar-refractivity contribution in [2.24, 2.45) is 0 Å². The van der Waals surface area contributed by atoms with Crippen molar-refractivity contribution in [3.05, 3.63) is 23.6 Å². The average molecular weight is 207 g/mol. The molecule has 0 bridgehead atoms. The minimum atomic E-state index is 0.229. The van der Waals surface area contributed by atoms with E-state index in [9.17, 15) is 0 Å². The minimum Gasteiger partial charge on any atom is -0.481 e. The van der Waals surface area contributed by atoms with Crippen LogP contribution in [0.5, 0.6) is 5.88 Å². The van der Waals surface area contributed by atoms with Crippen LogP contribution in [0.3, 0.4) is 0 Å². The van der Waals surface area contributed by atoms with Crippen molar-refractivity contribution in [3.8, 4) is 16.5 Å². The molecule has 0 unspecified atom stereocenters. The maximum atomic E-state index is 5.54. The van der Waals surface area contributed by atoms with Gasteiger partial charge < -0.3 is 10.5 Å². The zero-order valence-electron chi connectivity index (χ0n) is 7.60. The first-order valence-corrected chi connectivity index (χ1v) is 4.90. The molecule has 0 saturated heterocycles. The van der Waals surface area contributed by atoms with Gasteiger partial charge in [-0.3, -0.25) is 0 Å². The van der Waals surface area contributed by atoms with Crippen molar-refractivity contribution < 1.29 is 4.74 Å². The third-order valence-corrected chi connectivity index (χ3v) is 2.60. The standard InChI is InChI=1S/C9H9N3OS/c1-13-8-5-6(11-9(10)12-8)7-3-2-4-14-7/h2-5H,1H3,(H2,10,11,12). The second-order valence-electron chi connectivity index (χ2n) is 2.63. The first-order valence-electron chi connectivity index (χ1n) is 4.02. The Morgan fingerprint density at radius 1 is 1.43 bits per heavy atom. The summed E-state index contributed by atoms with van der Waals surface area (Å²) in [6.07, 6.45) is 0. The van der Waals surface area contributed by atoms with Gasteiger partial charge in [-0.1, -0.05) is 6.07 Å². The Hall–Kier alpha value is -1.62. The SMILES string of the molecule is COc1cc(-c2cccs2)nc(N)n1. The number of rotatable bonds is 2. The lowest BCUT2D eigenvalue weighted by molar-refractivity contribution is 0.398. The van der Waals surface area contributed by atoms with E-state index in [1.165, 1.54) is 0 Å². The van der Waals surface area contributed by atoms with Gasteiger partial charge in [-0.15, -0.1) is 11.3 Å². The Morgan fingerprint density at radius 2 is 2.29 bits per heavy atom. The van der Waals surface area contributed by atoms with Crippen LogP contribution in [-0.2, 0) is 0 Å². The summed E-state index contributed by atoms with van der Waals surface area (Å²) in [6.45, 7) is 0. The molecule has 0 aliphatic rings. The summed E-state index contributed by atoms with van der Waals surface area (Å²) < 4.78 is 5.01. The fourth-order valence-corrected chi connectivity index (χ4v) is 1.78. The summed E-state index contributed by atoms with van der Waals surface area (Å²) in [5, 5.41) is 1.99. The third-order valence-electron chi connectivity index (χ3n) is 1.70. The number of thiophene rings is 1. The van der Waals surface area contributed by atoms with Gasteiger partial charge in [-0.05, 0) is 11.4 Å². The van der Waals surface area contributed by atoms with E-state index in [1.54, 1.807) is 24.5 Å². The van der Waals surface area contributed by atoms with Crippen LogP contribution >= 0.6 is 11.3 Å². The van der Waals surface area contributed by atoms with Crippen molar-refractivity contribution in [1.29, 1.82) is 0 Å². The molecule has 0 saturated carbocycles. The lowest BCUT2D eigenvalue weighted by Crippen LogP contribution is -1.98. The second-order valence-corrected chi connectivity index (χ2v) is 3.58. The van der Waals surface area contributed by atoms with E-state index in [0.29, 0.717) is 5.88 Å². The highest BCUT2D eigenvalue weighted by Crippen LogP contribution is 2.25. The molecule has 2 rings (SSSR count). The van der Waals surface area contributed by atoms with Crippen LogP contribution in [0.2, 0.25) is 0 Å². The number of aromatic nitrogens is 2. The summed E-state index contributed by atoms with van der Waals surface area (Å²) in [6, 6.07) is 5.71. The van der Waals surface area contributed by atoms with Gasteiger partial charge in [-0.2, -0.15) is 4.98 Å². The quantitative estimate of drug-likeness (QED) is 0.815. The molecule has 4 nitrogen and oxygen atoms in total. The monoisotopic (exact) mass is 207 g/mol. The number of nitrogen functional groups attached to an aromatic ring is 1. The van der Waals surface area contributed by atoms with Gasteiger partial charge >= 0.3 is 0 Å². The predicted molar refractivity (Wildman–Crippen MR) is 56.3 cm³/mol. The van der Waals surface area contributed by atoms with E-state index in [1.807, 2.05) is 17.5 Å². The summed E-state index contributed by atoms with van der Waals surface area (Å²) in [4.78, 5) is 9.09. The van der Waals surface area contributed by atoms with E-state index in [2.05, 4.69) is 9.97 Å². The molecule has 14 heavy (non-hydrogen) atoms. The van der Waals surface area contributed by atoms with Gasteiger partial charge in [0.2, 0.25) is 11.8 Å². The van der Waals surface area contributed by atoms with Gasteiger partial charge in [0.1, 0.15) is 0 Å². The smallest absolute Gasteiger partial charge is 0.223 e. The van der Waals surface area contributed by atoms with E-state index in [0.717, 1.165) is 10.6 Å². The fraction of sp³-hybridized carbons (Fsp3) is 0.111. The Morgan fingerprint density at radius 3 is 2.93 bits per heavy atom. The highest BCUT2D eigenvalue weighted by molar-refractivity contribution is 7.13. The van der Waals surface area contributed by atoms with Crippen LogP contribution in [0, 0.1) is 0 Å². The Labute approximate surface area is 85.4 Å². The van der Waals surface area contributed by atoms with E-state index < -0.39 is 0 Å². The third kappa shape index (κ3) is 1.67. The number of nitrogens with two attached hydrogens (primary N) is 1. The lowest BCUT2D eigenvalue weighted by Gasteiger charge is -2.02. The largest absolute Gasteiger partial charge is 0.481 e. The summed E-state index contributed by atoms with van der Waals surface area (Å²) in [7, 11) is 1.56. The van der Waals surface area contributed by atoms with Crippen LogP contribution in [0.4, 0.5) is 5.95 Å². The number of nitrogens with zero attached hydrogens (tertiary/aromatic N) is 2. The molecular formula is C9H9N3OS. The molecule has 2 aromatic rings. The second kappa shape index (κ2) is 3.63. The molecule has 72 valence electrons. The fourth-order valence-electron chi connectivity index (χ4n) is 1.10. The molecule has 2 aromatic heterocycles. The van der Waals surface area contributed by atoms with Gasteiger partial charge in [0.05, 0.1) is 17.7 Å². The first-order chi connectivity index (χ1) is 6.79. The van der Waals surface area contributed by atoms with Crippen LogP contribution in [0.25, 0.3) is 10.6 Å².